The molecular weight excluding hydrogens is 388 g/mol. The quantitative estimate of drug-likeness (QED) is 0.386. The summed E-state index contributed by atoms with van der Waals surface area (Å²) in [5.41, 5.74) is 0. The summed E-state index contributed by atoms with van der Waals surface area (Å²) in [7, 11) is 4.15. The van der Waals surface area contributed by atoms with Crippen LogP contribution in [0.2, 0.25) is 0 Å². The van der Waals surface area contributed by atoms with E-state index in [4.69, 9.17) is 4.99 Å². The number of benzene rings is 1. The number of guanidine groups is 1. The van der Waals surface area contributed by atoms with Crippen LogP contribution in [0.4, 0.5) is 0 Å². The van der Waals surface area contributed by atoms with Crippen LogP contribution in [-0.2, 0) is 0 Å². The van der Waals surface area contributed by atoms with Crippen molar-refractivity contribution in [3.63, 3.8) is 0 Å². The average Bonchev–Trinajstić information content (AvgIpc) is 3.35. The predicted molar refractivity (Wildman–Crippen MR) is 122 cm³/mol. The first-order valence-corrected chi connectivity index (χ1v) is 11.2. The molecule has 1 aromatic carbocycles. The number of hydrogen-bond donors (Lipinski definition) is 3. The zero-order chi connectivity index (χ0) is 19.9. The number of aliphatic hydroxyl groups excluding tert-OH is 1. The first-order chi connectivity index (χ1) is 13.6. The highest BCUT2D eigenvalue weighted by Gasteiger charge is 2.16. The maximum atomic E-state index is 10.6. The van der Waals surface area contributed by atoms with Crippen LogP contribution in [0, 0.1) is 0 Å². The Morgan fingerprint density at radius 1 is 1.14 bits per heavy atom. The fraction of sp³-hybridized carbons (Fsp3) is 0.381. The lowest BCUT2D eigenvalue weighted by molar-refractivity contribution is 0.184. The van der Waals surface area contributed by atoms with Crippen LogP contribution in [0.1, 0.15) is 28.8 Å². The molecule has 2 unspecified atom stereocenters. The third kappa shape index (κ3) is 5.32. The molecule has 0 spiro atoms. The van der Waals surface area contributed by atoms with Crippen LogP contribution in [0.5, 0.6) is 0 Å². The van der Waals surface area contributed by atoms with Crippen LogP contribution in [0.3, 0.4) is 0 Å². The number of thiophene rings is 2. The fourth-order valence-electron chi connectivity index (χ4n) is 2.97. The second-order valence-electron chi connectivity index (χ2n) is 6.80. The normalized spacial score (nSPS) is 14.4. The predicted octanol–water partition coefficient (Wildman–Crippen LogP) is 3.85. The number of nitrogens with one attached hydrogen (secondary N) is 2. The Labute approximate surface area is 174 Å². The summed E-state index contributed by atoms with van der Waals surface area (Å²) in [5.74, 6) is 0.728. The minimum absolute atomic E-state index is 0.239. The van der Waals surface area contributed by atoms with Crippen LogP contribution in [0.15, 0.2) is 52.8 Å². The van der Waals surface area contributed by atoms with Crippen LogP contribution < -0.4 is 10.6 Å². The Morgan fingerprint density at radius 3 is 2.64 bits per heavy atom. The number of rotatable bonds is 8. The van der Waals surface area contributed by atoms with Crippen molar-refractivity contribution in [1.29, 1.82) is 0 Å². The van der Waals surface area contributed by atoms with E-state index in [1.807, 2.05) is 19.1 Å². The summed E-state index contributed by atoms with van der Waals surface area (Å²) in [6, 6.07) is 14.7. The van der Waals surface area contributed by atoms with Crippen molar-refractivity contribution in [2.75, 3.05) is 33.7 Å². The van der Waals surface area contributed by atoms with Gasteiger partial charge in [-0.3, -0.25) is 4.99 Å². The lowest BCUT2D eigenvalue weighted by Crippen LogP contribution is -2.40. The van der Waals surface area contributed by atoms with Gasteiger partial charge in [0.05, 0.1) is 12.6 Å². The first kappa shape index (κ1) is 20.8. The molecule has 0 amide bonds. The van der Waals surface area contributed by atoms with Crippen molar-refractivity contribution in [2.24, 2.45) is 4.99 Å². The van der Waals surface area contributed by atoms with E-state index in [0.29, 0.717) is 13.1 Å². The Balaban J connectivity index is 1.63. The van der Waals surface area contributed by atoms with Gasteiger partial charge in [0.1, 0.15) is 6.10 Å². The molecule has 7 heteroatoms. The minimum atomic E-state index is -0.566. The molecule has 2 heterocycles. The van der Waals surface area contributed by atoms with E-state index in [-0.39, 0.29) is 6.04 Å². The van der Waals surface area contributed by atoms with Gasteiger partial charge in [0.25, 0.3) is 0 Å². The molecule has 0 saturated carbocycles. The Bertz CT molecular complexity index is 856. The van der Waals surface area contributed by atoms with E-state index in [2.05, 4.69) is 65.3 Å². The number of aliphatic imine (C=N–C) groups is 1. The van der Waals surface area contributed by atoms with Crippen molar-refractivity contribution in [1.82, 2.24) is 15.5 Å². The summed E-state index contributed by atoms with van der Waals surface area (Å²) in [5, 5.41) is 20.4. The summed E-state index contributed by atoms with van der Waals surface area (Å²) < 4.78 is 1.20. The van der Waals surface area contributed by atoms with Crippen molar-refractivity contribution in [2.45, 2.75) is 19.1 Å². The summed E-state index contributed by atoms with van der Waals surface area (Å²) in [6.07, 6.45) is -0.566. The van der Waals surface area contributed by atoms with Crippen molar-refractivity contribution in [3.8, 4) is 0 Å². The van der Waals surface area contributed by atoms with Crippen molar-refractivity contribution >= 4 is 38.7 Å². The molecule has 3 N–H and O–H groups in total. The maximum absolute atomic E-state index is 10.6. The molecule has 3 rings (SSSR count). The summed E-state index contributed by atoms with van der Waals surface area (Å²) in [4.78, 5) is 9.20. The molecule has 0 aliphatic carbocycles. The van der Waals surface area contributed by atoms with Crippen LogP contribution in [-0.4, -0.2) is 49.7 Å². The highest BCUT2D eigenvalue weighted by Crippen LogP contribution is 2.29. The number of nitrogens with zero attached hydrogens (tertiary/aromatic N) is 2. The van der Waals surface area contributed by atoms with Gasteiger partial charge < -0.3 is 20.6 Å². The molecule has 0 aliphatic rings. The average molecular weight is 417 g/mol. The van der Waals surface area contributed by atoms with E-state index >= 15 is 0 Å². The van der Waals surface area contributed by atoms with Gasteiger partial charge in [-0.1, -0.05) is 24.3 Å². The lowest BCUT2D eigenvalue weighted by Gasteiger charge is -2.22. The number of hydrogen-bond acceptors (Lipinski definition) is 5. The van der Waals surface area contributed by atoms with Gasteiger partial charge in [0.2, 0.25) is 0 Å². The molecule has 0 aliphatic heterocycles. The molecule has 2 aromatic heterocycles. The third-order valence-corrected chi connectivity index (χ3v) is 6.69. The lowest BCUT2D eigenvalue weighted by atomic mass is 10.2. The number of fused-ring (bicyclic) bond motifs is 1. The highest BCUT2D eigenvalue weighted by molar-refractivity contribution is 7.19. The van der Waals surface area contributed by atoms with Gasteiger partial charge in [-0.05, 0) is 50.0 Å². The fourth-order valence-corrected chi connectivity index (χ4v) is 4.93. The van der Waals surface area contributed by atoms with Crippen molar-refractivity contribution in [3.05, 3.63) is 57.6 Å². The molecule has 3 aromatic rings. The van der Waals surface area contributed by atoms with E-state index in [1.54, 1.807) is 22.7 Å². The van der Waals surface area contributed by atoms with Gasteiger partial charge in [0.15, 0.2) is 5.96 Å². The molecule has 0 saturated heterocycles. The molecule has 0 radical (unpaired) electrons. The van der Waals surface area contributed by atoms with Gasteiger partial charge >= 0.3 is 0 Å². The molecular formula is C21H28N4OS2. The zero-order valence-electron chi connectivity index (χ0n) is 16.6. The van der Waals surface area contributed by atoms with E-state index in [9.17, 15) is 5.11 Å². The van der Waals surface area contributed by atoms with E-state index in [0.717, 1.165) is 17.4 Å². The second kappa shape index (κ2) is 10.0. The van der Waals surface area contributed by atoms with Crippen molar-refractivity contribution < 1.29 is 5.11 Å². The molecule has 28 heavy (non-hydrogen) atoms. The second-order valence-corrected chi connectivity index (χ2v) is 8.89. The maximum Gasteiger partial charge on any atom is 0.191 e. The molecule has 0 fully saturated rings. The largest absolute Gasteiger partial charge is 0.386 e. The molecule has 150 valence electrons. The summed E-state index contributed by atoms with van der Waals surface area (Å²) >= 11 is 3.39. The number of likely N-dealkylation sites (N-methyl/N-ethyl adjacent to an activating group) is 1. The summed E-state index contributed by atoms with van der Waals surface area (Å²) in [6.45, 7) is 3.89. The Hall–Kier alpha value is -1.93. The highest BCUT2D eigenvalue weighted by atomic mass is 32.1. The van der Waals surface area contributed by atoms with Gasteiger partial charge in [0, 0.05) is 27.5 Å². The monoisotopic (exact) mass is 416 g/mol. The zero-order valence-corrected chi connectivity index (χ0v) is 18.2. The van der Waals surface area contributed by atoms with Crippen LogP contribution >= 0.6 is 22.7 Å². The SMILES string of the molecule is CCNC(=NCC(c1cccs1)N(C)C)NCC(O)c1cc2ccccc2s1. The molecule has 5 nitrogen and oxygen atoms in total. The smallest absolute Gasteiger partial charge is 0.191 e. The van der Waals surface area contributed by atoms with Gasteiger partial charge in [-0.2, -0.15) is 0 Å². The Kier molecular flexibility index (Phi) is 7.44. The van der Waals surface area contributed by atoms with Gasteiger partial charge in [-0.15, -0.1) is 22.7 Å². The first-order valence-electron chi connectivity index (χ1n) is 9.47. The number of aliphatic hydroxyl groups is 1. The van der Waals surface area contributed by atoms with Gasteiger partial charge in [-0.25, -0.2) is 0 Å². The van der Waals surface area contributed by atoms with E-state index in [1.165, 1.54) is 15.0 Å². The molecule has 0 bridgehead atoms. The van der Waals surface area contributed by atoms with Crippen LogP contribution in [0.25, 0.3) is 10.1 Å². The standard InChI is InChI=1S/C21H28N4OS2/c1-4-22-21(23-13-16(25(2)3)19-10-7-11-27-19)24-14-17(26)20-12-15-8-5-6-9-18(15)28-20/h5-12,16-17,26H,4,13-14H2,1-3H3,(H2,22,23,24). The minimum Gasteiger partial charge on any atom is -0.386 e. The third-order valence-electron chi connectivity index (χ3n) is 4.50. The van der Waals surface area contributed by atoms with E-state index < -0.39 is 6.10 Å². The Morgan fingerprint density at radius 2 is 1.96 bits per heavy atom. The topological polar surface area (TPSA) is 59.9 Å². The molecule has 2 atom stereocenters.